The van der Waals surface area contributed by atoms with Crippen LogP contribution in [0.2, 0.25) is 0 Å². The van der Waals surface area contributed by atoms with Gasteiger partial charge in [0.25, 0.3) is 0 Å². The van der Waals surface area contributed by atoms with Crippen molar-refractivity contribution in [1.82, 2.24) is 0 Å². The lowest BCUT2D eigenvalue weighted by molar-refractivity contribution is 1.02. The highest BCUT2D eigenvalue weighted by Gasteiger charge is 2.26. The summed E-state index contributed by atoms with van der Waals surface area (Å²) in [5, 5.41) is 6.67. The van der Waals surface area contributed by atoms with Gasteiger partial charge in [0, 0.05) is 0 Å². The molecule has 0 amide bonds. The van der Waals surface area contributed by atoms with Gasteiger partial charge in [0.1, 0.15) is 0 Å². The van der Waals surface area contributed by atoms with Crippen molar-refractivity contribution in [2.75, 3.05) is 0 Å². The van der Waals surface area contributed by atoms with Gasteiger partial charge in [0.2, 0.25) is 0 Å². The highest BCUT2D eigenvalue weighted by molar-refractivity contribution is 7.80. The number of rotatable bonds is 4. The van der Waals surface area contributed by atoms with Gasteiger partial charge in [0.05, 0.1) is 0 Å². The number of hydrogen-bond acceptors (Lipinski definition) is 0. The maximum Gasteiger partial charge on any atom is 0.383 e. The van der Waals surface area contributed by atoms with E-state index in [0.29, 0.717) is 0 Å². The summed E-state index contributed by atoms with van der Waals surface area (Å²) in [5.41, 5.74) is 3.33. The highest BCUT2D eigenvalue weighted by Crippen LogP contribution is 2.39. The molecule has 1 aliphatic carbocycles. The van der Waals surface area contributed by atoms with Crippen molar-refractivity contribution in [1.29, 1.82) is 0 Å². The van der Waals surface area contributed by atoms with Crippen LogP contribution in [0.3, 0.4) is 0 Å². The zero-order chi connectivity index (χ0) is 19.1. The average molecular weight is 419 g/mol. The van der Waals surface area contributed by atoms with Crippen LogP contribution in [0.1, 0.15) is 11.1 Å². The Kier molecular flexibility index (Phi) is 4.93. The average Bonchev–Trinajstić information content (AvgIpc) is 3.16. The Labute approximate surface area is 177 Å². The predicted octanol–water partition coefficient (Wildman–Crippen LogP) is 4.87. The number of hydrogen-bond donors (Lipinski definition) is 0. The smallest absolute Gasteiger partial charge is 0.164 e. The minimum absolute atomic E-state index is 0.535. The fourth-order valence-corrected chi connectivity index (χ4v) is 7.13. The van der Waals surface area contributed by atoms with Gasteiger partial charge in [-0.25, -0.2) is 0 Å². The SMILES string of the molecule is ClB(Cl)c1ccc2c3c(ccc(P(c4ccccc4)c4ccccc4)c13)CC2. The summed E-state index contributed by atoms with van der Waals surface area (Å²) in [7, 11) is -0.701. The number of aryl methyl sites for hydroxylation is 2. The van der Waals surface area contributed by atoms with E-state index < -0.39 is 13.5 Å². The van der Waals surface area contributed by atoms with E-state index in [2.05, 4.69) is 84.9 Å². The first kappa shape index (κ1) is 18.3. The van der Waals surface area contributed by atoms with E-state index in [9.17, 15) is 0 Å². The fourth-order valence-electron chi connectivity index (χ4n) is 4.29. The lowest BCUT2D eigenvalue weighted by Crippen LogP contribution is -2.28. The molecule has 136 valence electrons. The van der Waals surface area contributed by atoms with Crippen LogP contribution in [-0.4, -0.2) is 5.54 Å². The molecule has 0 aromatic heterocycles. The third-order valence-electron chi connectivity index (χ3n) is 5.51. The minimum atomic E-state index is -0.701. The summed E-state index contributed by atoms with van der Waals surface area (Å²) in [6.45, 7) is 0. The Morgan fingerprint density at radius 1 is 0.607 bits per heavy atom. The molecule has 5 rings (SSSR count). The zero-order valence-corrected chi connectivity index (χ0v) is 17.7. The molecule has 4 aromatic rings. The fraction of sp³-hybridized carbons (Fsp3) is 0.0833. The predicted molar refractivity (Wildman–Crippen MR) is 127 cm³/mol. The van der Waals surface area contributed by atoms with E-state index in [1.807, 2.05) is 0 Å². The molecule has 0 nitrogen and oxygen atoms in total. The Hall–Kier alpha value is -1.79. The molecule has 1 aliphatic rings. The van der Waals surface area contributed by atoms with Crippen LogP contribution in [0.5, 0.6) is 0 Å². The van der Waals surface area contributed by atoms with Crippen LogP contribution in [-0.2, 0) is 12.8 Å². The molecule has 4 heteroatoms. The molecule has 0 saturated heterocycles. The van der Waals surface area contributed by atoms with Crippen LogP contribution in [0.15, 0.2) is 84.9 Å². The quantitative estimate of drug-likeness (QED) is 0.327. The molecule has 0 heterocycles. The van der Waals surface area contributed by atoms with Crippen LogP contribution in [0.25, 0.3) is 10.8 Å². The Morgan fingerprint density at radius 2 is 1.14 bits per heavy atom. The first-order valence-electron chi connectivity index (χ1n) is 9.50. The Morgan fingerprint density at radius 3 is 1.68 bits per heavy atom. The van der Waals surface area contributed by atoms with Crippen LogP contribution in [0, 0.1) is 0 Å². The maximum atomic E-state index is 6.45. The largest absolute Gasteiger partial charge is 0.383 e. The summed E-state index contributed by atoms with van der Waals surface area (Å²) >= 11 is 12.9. The molecule has 4 aromatic carbocycles. The molecule has 0 aliphatic heterocycles. The van der Waals surface area contributed by atoms with E-state index in [-0.39, 0.29) is 0 Å². The summed E-state index contributed by atoms with van der Waals surface area (Å²) in [6, 6.07) is 30.6. The van der Waals surface area contributed by atoms with Crippen molar-refractivity contribution in [2.45, 2.75) is 12.8 Å². The van der Waals surface area contributed by atoms with E-state index in [0.717, 1.165) is 18.3 Å². The second-order valence-electron chi connectivity index (χ2n) is 7.11. The van der Waals surface area contributed by atoms with Gasteiger partial charge in [-0.15, -0.1) is 0 Å². The summed E-state index contributed by atoms with van der Waals surface area (Å²) < 4.78 is 0. The standard InChI is InChI=1S/C24H18BCl2P/c26-25(27)21-15-13-17-11-12-18-14-16-22(24(21)23(17)18)28(19-7-3-1-4-8-19)20-9-5-2-6-10-20/h1-10,13-16H,11-12H2. The monoisotopic (exact) mass is 418 g/mol. The Bertz CT molecular complexity index is 1090. The van der Waals surface area contributed by atoms with Gasteiger partial charge in [-0.05, 0) is 64.0 Å². The van der Waals surface area contributed by atoms with Crippen molar-refractivity contribution in [3.05, 3.63) is 96.1 Å². The molecule has 0 N–H and O–H groups in total. The van der Waals surface area contributed by atoms with Crippen LogP contribution in [0.4, 0.5) is 0 Å². The van der Waals surface area contributed by atoms with Crippen molar-refractivity contribution in [3.8, 4) is 0 Å². The van der Waals surface area contributed by atoms with Crippen LogP contribution < -0.4 is 21.4 Å². The molecule has 28 heavy (non-hydrogen) atoms. The lowest BCUT2D eigenvalue weighted by Gasteiger charge is -2.23. The molecule has 0 atom stereocenters. The summed E-state index contributed by atoms with van der Waals surface area (Å²) in [6.07, 6.45) is 2.19. The molecule has 0 fully saturated rings. The summed E-state index contributed by atoms with van der Waals surface area (Å²) in [5.74, 6) is 0. The van der Waals surface area contributed by atoms with E-state index in [1.165, 1.54) is 37.8 Å². The molecule has 0 bridgehead atoms. The molecule has 0 saturated carbocycles. The third-order valence-corrected chi connectivity index (χ3v) is 8.47. The molecule has 0 spiro atoms. The van der Waals surface area contributed by atoms with Crippen molar-refractivity contribution < 1.29 is 0 Å². The van der Waals surface area contributed by atoms with Gasteiger partial charge < -0.3 is 0 Å². The Balaban J connectivity index is 1.86. The number of benzene rings is 4. The van der Waals surface area contributed by atoms with E-state index in [1.54, 1.807) is 0 Å². The van der Waals surface area contributed by atoms with Gasteiger partial charge in [0.15, 0.2) is 0 Å². The van der Waals surface area contributed by atoms with Crippen molar-refractivity contribution in [3.63, 3.8) is 0 Å². The molecular formula is C24H18BCl2P. The summed E-state index contributed by atoms with van der Waals surface area (Å²) in [4.78, 5) is 0. The third kappa shape index (κ3) is 3.07. The first-order chi connectivity index (χ1) is 13.7. The second-order valence-corrected chi connectivity index (χ2v) is 10.4. The van der Waals surface area contributed by atoms with E-state index >= 15 is 0 Å². The highest BCUT2D eigenvalue weighted by atomic mass is 35.5. The van der Waals surface area contributed by atoms with E-state index in [4.69, 9.17) is 22.9 Å². The van der Waals surface area contributed by atoms with Gasteiger partial charge in [-0.2, -0.15) is 22.9 Å². The maximum absolute atomic E-state index is 6.45. The second kappa shape index (κ2) is 7.56. The minimum Gasteiger partial charge on any atom is -0.164 e. The normalized spacial score (nSPS) is 12.7. The first-order valence-corrected chi connectivity index (χ1v) is 11.7. The lowest BCUT2D eigenvalue weighted by atomic mass is 9.86. The van der Waals surface area contributed by atoms with Crippen LogP contribution >= 0.6 is 30.8 Å². The molecule has 0 unspecified atom stereocenters. The molecular weight excluding hydrogens is 401 g/mol. The van der Waals surface area contributed by atoms with Gasteiger partial charge in [-0.1, -0.05) is 84.9 Å². The topological polar surface area (TPSA) is 0 Å². The van der Waals surface area contributed by atoms with Crippen molar-refractivity contribution in [2.24, 2.45) is 0 Å². The number of halogens is 2. The van der Waals surface area contributed by atoms with Gasteiger partial charge >= 0.3 is 5.54 Å². The van der Waals surface area contributed by atoms with Crippen molar-refractivity contribution >= 4 is 68.5 Å². The van der Waals surface area contributed by atoms with Gasteiger partial charge in [-0.3, -0.25) is 0 Å². The molecule has 0 radical (unpaired) electrons. The zero-order valence-electron chi connectivity index (χ0n) is 15.3.